The molecular weight excluding hydrogens is 346 g/mol. The molecular formula is C21H21NO5. The second kappa shape index (κ2) is 7.97. The molecule has 0 fully saturated rings. The van der Waals surface area contributed by atoms with Gasteiger partial charge in [-0.25, -0.2) is 0 Å². The van der Waals surface area contributed by atoms with Gasteiger partial charge in [0.25, 0.3) is 5.91 Å². The van der Waals surface area contributed by atoms with Crippen molar-refractivity contribution in [1.82, 2.24) is 0 Å². The fraction of sp³-hybridized carbons (Fsp3) is 0.190. The summed E-state index contributed by atoms with van der Waals surface area (Å²) in [6.07, 6.45) is 0. The van der Waals surface area contributed by atoms with Crippen LogP contribution in [0.3, 0.4) is 0 Å². The van der Waals surface area contributed by atoms with Crippen LogP contribution in [0, 0.1) is 6.92 Å². The summed E-state index contributed by atoms with van der Waals surface area (Å²) in [6, 6.07) is 14.2. The van der Waals surface area contributed by atoms with Crippen LogP contribution in [0.4, 0.5) is 5.69 Å². The van der Waals surface area contributed by atoms with Crippen LogP contribution in [0.1, 0.15) is 21.7 Å². The Balaban J connectivity index is 1.86. The van der Waals surface area contributed by atoms with E-state index in [0.717, 1.165) is 11.1 Å². The quantitative estimate of drug-likeness (QED) is 0.688. The van der Waals surface area contributed by atoms with Gasteiger partial charge in [0.15, 0.2) is 11.5 Å². The number of aliphatic hydroxyl groups is 1. The largest absolute Gasteiger partial charge is 0.493 e. The van der Waals surface area contributed by atoms with E-state index >= 15 is 0 Å². The molecule has 3 rings (SSSR count). The Bertz CT molecular complexity index is 961. The van der Waals surface area contributed by atoms with Crippen LogP contribution in [-0.4, -0.2) is 25.2 Å². The summed E-state index contributed by atoms with van der Waals surface area (Å²) >= 11 is 0. The van der Waals surface area contributed by atoms with Gasteiger partial charge >= 0.3 is 0 Å². The van der Waals surface area contributed by atoms with Gasteiger partial charge in [0.1, 0.15) is 18.1 Å². The van der Waals surface area contributed by atoms with E-state index in [1.165, 1.54) is 7.11 Å². The predicted molar refractivity (Wildman–Crippen MR) is 102 cm³/mol. The zero-order chi connectivity index (χ0) is 19.4. The molecule has 1 amide bonds. The van der Waals surface area contributed by atoms with Gasteiger partial charge in [0.2, 0.25) is 0 Å². The first-order chi connectivity index (χ1) is 13.0. The van der Waals surface area contributed by atoms with Crippen LogP contribution in [0.5, 0.6) is 11.5 Å². The summed E-state index contributed by atoms with van der Waals surface area (Å²) in [5, 5.41) is 12.1. The number of rotatable bonds is 6. The minimum Gasteiger partial charge on any atom is -0.493 e. The minimum absolute atomic E-state index is 0.158. The molecule has 0 radical (unpaired) electrons. The Morgan fingerprint density at radius 1 is 1.04 bits per heavy atom. The molecule has 6 heteroatoms. The first-order valence-corrected chi connectivity index (χ1v) is 8.39. The van der Waals surface area contributed by atoms with Gasteiger partial charge in [-0.1, -0.05) is 12.1 Å². The van der Waals surface area contributed by atoms with Crippen molar-refractivity contribution in [1.29, 1.82) is 0 Å². The first kappa shape index (κ1) is 18.5. The third-order valence-electron chi connectivity index (χ3n) is 4.23. The maximum absolute atomic E-state index is 12.7. The van der Waals surface area contributed by atoms with Gasteiger partial charge in [-0.15, -0.1) is 0 Å². The molecule has 1 aromatic heterocycles. The molecule has 140 valence electrons. The van der Waals surface area contributed by atoms with Crippen LogP contribution in [-0.2, 0) is 6.61 Å². The number of amides is 1. The third-order valence-corrected chi connectivity index (χ3v) is 4.23. The van der Waals surface area contributed by atoms with Gasteiger partial charge in [0.05, 0.1) is 14.2 Å². The minimum atomic E-state index is -0.258. The van der Waals surface area contributed by atoms with E-state index in [-0.39, 0.29) is 12.5 Å². The standard InChI is InChI=1S/C21H21NO5/c1-13-4-5-14(18-9-7-16(12-23)27-18)10-17(13)22-21(24)15-6-8-19(25-2)20(11-15)26-3/h4-11,23H,12H2,1-3H3,(H,22,24). The lowest BCUT2D eigenvalue weighted by molar-refractivity contribution is 0.102. The molecule has 0 saturated carbocycles. The predicted octanol–water partition coefficient (Wildman–Crippen LogP) is 4.02. The Morgan fingerprint density at radius 3 is 2.48 bits per heavy atom. The molecule has 0 bridgehead atoms. The lowest BCUT2D eigenvalue weighted by atomic mass is 10.1. The topological polar surface area (TPSA) is 80.9 Å². The molecule has 0 unspecified atom stereocenters. The maximum Gasteiger partial charge on any atom is 0.255 e. The number of anilines is 1. The normalized spacial score (nSPS) is 10.5. The summed E-state index contributed by atoms with van der Waals surface area (Å²) in [4.78, 5) is 12.7. The number of hydrogen-bond donors (Lipinski definition) is 2. The molecule has 2 aromatic carbocycles. The summed E-state index contributed by atoms with van der Waals surface area (Å²) in [5.41, 5.74) is 2.86. The number of methoxy groups -OCH3 is 2. The highest BCUT2D eigenvalue weighted by Crippen LogP contribution is 2.30. The lowest BCUT2D eigenvalue weighted by Crippen LogP contribution is -2.13. The van der Waals surface area contributed by atoms with Gasteiger partial charge in [-0.2, -0.15) is 0 Å². The van der Waals surface area contributed by atoms with Crippen LogP contribution < -0.4 is 14.8 Å². The van der Waals surface area contributed by atoms with Crippen molar-refractivity contribution >= 4 is 11.6 Å². The van der Waals surface area contributed by atoms with Crippen molar-refractivity contribution in [3.63, 3.8) is 0 Å². The zero-order valence-electron chi connectivity index (χ0n) is 15.4. The highest BCUT2D eigenvalue weighted by molar-refractivity contribution is 6.05. The number of ether oxygens (including phenoxy) is 2. The van der Waals surface area contributed by atoms with E-state index in [2.05, 4.69) is 5.32 Å². The Kier molecular flexibility index (Phi) is 5.47. The van der Waals surface area contributed by atoms with Crippen molar-refractivity contribution in [2.45, 2.75) is 13.5 Å². The second-order valence-electron chi connectivity index (χ2n) is 5.98. The van der Waals surface area contributed by atoms with Gasteiger partial charge in [-0.05, 0) is 48.9 Å². The van der Waals surface area contributed by atoms with Gasteiger partial charge in [0, 0.05) is 16.8 Å². The van der Waals surface area contributed by atoms with E-state index in [1.54, 1.807) is 37.4 Å². The average molecular weight is 367 g/mol. The number of furan rings is 1. The third kappa shape index (κ3) is 3.96. The summed E-state index contributed by atoms with van der Waals surface area (Å²) in [5.74, 6) is 1.90. The number of hydrogen-bond acceptors (Lipinski definition) is 5. The molecule has 3 aromatic rings. The highest BCUT2D eigenvalue weighted by Gasteiger charge is 2.13. The smallest absolute Gasteiger partial charge is 0.255 e. The first-order valence-electron chi connectivity index (χ1n) is 8.39. The Hall–Kier alpha value is -3.25. The lowest BCUT2D eigenvalue weighted by Gasteiger charge is -2.12. The maximum atomic E-state index is 12.7. The van der Waals surface area contributed by atoms with Crippen LogP contribution in [0.15, 0.2) is 52.9 Å². The van der Waals surface area contributed by atoms with Crippen molar-refractivity contribution in [2.24, 2.45) is 0 Å². The molecule has 0 aliphatic rings. The van der Waals surface area contributed by atoms with Crippen LogP contribution in [0.25, 0.3) is 11.3 Å². The zero-order valence-corrected chi connectivity index (χ0v) is 15.4. The van der Waals surface area contributed by atoms with Gasteiger partial charge in [-0.3, -0.25) is 4.79 Å². The highest BCUT2D eigenvalue weighted by atomic mass is 16.5. The van der Waals surface area contributed by atoms with E-state index in [1.807, 2.05) is 25.1 Å². The molecule has 0 aliphatic heterocycles. The van der Waals surface area contributed by atoms with E-state index in [0.29, 0.717) is 34.3 Å². The molecule has 0 aliphatic carbocycles. The molecule has 0 spiro atoms. The second-order valence-corrected chi connectivity index (χ2v) is 5.98. The summed E-state index contributed by atoms with van der Waals surface area (Å²) in [6.45, 7) is 1.75. The summed E-state index contributed by atoms with van der Waals surface area (Å²) < 4.78 is 16.0. The van der Waals surface area contributed by atoms with E-state index in [9.17, 15) is 4.79 Å². The van der Waals surface area contributed by atoms with Crippen LogP contribution >= 0.6 is 0 Å². The van der Waals surface area contributed by atoms with Crippen molar-refractivity contribution in [2.75, 3.05) is 19.5 Å². The van der Waals surface area contributed by atoms with Crippen molar-refractivity contribution in [3.05, 3.63) is 65.4 Å². The van der Waals surface area contributed by atoms with Crippen LogP contribution in [0.2, 0.25) is 0 Å². The fourth-order valence-corrected chi connectivity index (χ4v) is 2.70. The monoisotopic (exact) mass is 367 g/mol. The SMILES string of the molecule is COc1ccc(C(=O)Nc2cc(-c3ccc(CO)o3)ccc2C)cc1OC. The van der Waals surface area contributed by atoms with E-state index in [4.69, 9.17) is 19.0 Å². The molecule has 0 atom stereocenters. The molecule has 2 N–H and O–H groups in total. The molecule has 27 heavy (non-hydrogen) atoms. The van der Waals surface area contributed by atoms with Crippen molar-refractivity contribution in [3.8, 4) is 22.8 Å². The van der Waals surface area contributed by atoms with Gasteiger partial charge < -0.3 is 24.3 Å². The fourth-order valence-electron chi connectivity index (χ4n) is 2.70. The van der Waals surface area contributed by atoms with Crippen molar-refractivity contribution < 1.29 is 23.8 Å². The molecule has 1 heterocycles. The Morgan fingerprint density at radius 2 is 1.81 bits per heavy atom. The number of aryl methyl sites for hydroxylation is 1. The number of carbonyl (C=O) groups is 1. The molecule has 6 nitrogen and oxygen atoms in total. The Labute approximate surface area is 157 Å². The molecule has 0 saturated heterocycles. The average Bonchev–Trinajstić information content (AvgIpc) is 3.18. The number of aliphatic hydroxyl groups excluding tert-OH is 1. The number of nitrogens with one attached hydrogen (secondary N) is 1. The number of benzene rings is 2. The summed E-state index contributed by atoms with van der Waals surface area (Å²) in [7, 11) is 3.07. The van der Waals surface area contributed by atoms with E-state index < -0.39 is 0 Å². The number of carbonyl (C=O) groups excluding carboxylic acids is 1.